The zero-order valence-electron chi connectivity index (χ0n) is 15.4. The Kier molecular flexibility index (Phi) is 5.48. The van der Waals surface area contributed by atoms with Crippen LogP contribution in [0.2, 0.25) is 0 Å². The van der Waals surface area contributed by atoms with Gasteiger partial charge in [-0.05, 0) is 49.1 Å². The summed E-state index contributed by atoms with van der Waals surface area (Å²) in [5, 5.41) is 3.95. The minimum absolute atomic E-state index is 0.0622. The monoisotopic (exact) mass is 440 g/mol. The summed E-state index contributed by atoms with van der Waals surface area (Å²) in [7, 11) is 0. The Bertz CT molecular complexity index is 973. The molecule has 1 fully saturated rings. The van der Waals surface area contributed by atoms with Crippen LogP contribution in [-0.4, -0.2) is 36.3 Å². The molecule has 1 aromatic heterocycles. The molecular formula is C22H21BrN2O3. The molecule has 0 unspecified atom stereocenters. The molecule has 0 atom stereocenters. The number of likely N-dealkylation sites (tertiary alicyclic amines) is 1. The van der Waals surface area contributed by atoms with Crippen molar-refractivity contribution in [2.24, 2.45) is 5.92 Å². The number of benzene rings is 2. The van der Waals surface area contributed by atoms with Gasteiger partial charge in [0.05, 0.1) is 0 Å². The number of amides is 2. The van der Waals surface area contributed by atoms with Gasteiger partial charge in [0.25, 0.3) is 11.8 Å². The van der Waals surface area contributed by atoms with Crippen molar-refractivity contribution in [2.45, 2.75) is 12.8 Å². The number of para-hydroxylation sites is 1. The standard InChI is InChI=1S/C22H21BrN2O3/c23-18-6-3-5-17(12-18)21(26)24-14-15-8-10-25(11-9-15)22(27)20-13-16-4-1-2-7-19(16)28-20/h1-7,12-13,15H,8-11,14H2,(H,24,26). The van der Waals surface area contributed by atoms with Gasteiger partial charge in [-0.15, -0.1) is 0 Å². The second-order valence-corrected chi connectivity index (χ2v) is 8.02. The Balaban J connectivity index is 1.29. The van der Waals surface area contributed by atoms with Crippen LogP contribution in [0.15, 0.2) is 63.5 Å². The van der Waals surface area contributed by atoms with E-state index in [1.54, 1.807) is 6.07 Å². The predicted octanol–water partition coefficient (Wildman–Crippen LogP) is 4.48. The number of hydrogen-bond acceptors (Lipinski definition) is 3. The van der Waals surface area contributed by atoms with Crippen LogP contribution < -0.4 is 5.32 Å². The number of hydrogen-bond donors (Lipinski definition) is 1. The molecule has 4 rings (SSSR count). The van der Waals surface area contributed by atoms with Gasteiger partial charge in [-0.3, -0.25) is 9.59 Å². The summed E-state index contributed by atoms with van der Waals surface area (Å²) < 4.78 is 6.58. The van der Waals surface area contributed by atoms with E-state index >= 15 is 0 Å². The fraction of sp³-hybridized carbons (Fsp3) is 0.273. The van der Waals surface area contributed by atoms with E-state index in [0.717, 1.165) is 28.3 Å². The number of nitrogens with one attached hydrogen (secondary N) is 1. The first-order valence-electron chi connectivity index (χ1n) is 9.42. The van der Waals surface area contributed by atoms with E-state index in [2.05, 4.69) is 21.2 Å². The lowest BCUT2D eigenvalue weighted by Crippen LogP contribution is -2.41. The molecule has 3 aromatic rings. The van der Waals surface area contributed by atoms with Crippen LogP contribution in [0, 0.1) is 5.92 Å². The molecule has 144 valence electrons. The molecule has 6 heteroatoms. The molecule has 2 heterocycles. The average Bonchev–Trinajstić information content (AvgIpc) is 3.16. The largest absolute Gasteiger partial charge is 0.451 e. The van der Waals surface area contributed by atoms with E-state index < -0.39 is 0 Å². The average molecular weight is 441 g/mol. The van der Waals surface area contributed by atoms with Crippen molar-refractivity contribution in [3.05, 3.63) is 70.4 Å². The maximum Gasteiger partial charge on any atom is 0.289 e. The van der Waals surface area contributed by atoms with Crippen LogP contribution in [-0.2, 0) is 0 Å². The maximum atomic E-state index is 12.7. The first kappa shape index (κ1) is 18.7. The van der Waals surface area contributed by atoms with Gasteiger partial charge in [-0.25, -0.2) is 0 Å². The molecule has 28 heavy (non-hydrogen) atoms. The molecule has 2 amide bonds. The molecule has 0 spiro atoms. The topological polar surface area (TPSA) is 62.6 Å². The number of carbonyl (C=O) groups excluding carboxylic acids is 2. The highest BCUT2D eigenvalue weighted by Crippen LogP contribution is 2.23. The summed E-state index contributed by atoms with van der Waals surface area (Å²) in [6.07, 6.45) is 1.73. The highest BCUT2D eigenvalue weighted by Gasteiger charge is 2.26. The van der Waals surface area contributed by atoms with E-state index in [4.69, 9.17) is 4.42 Å². The van der Waals surface area contributed by atoms with Gasteiger partial charge in [0.15, 0.2) is 5.76 Å². The van der Waals surface area contributed by atoms with Crippen molar-refractivity contribution in [3.63, 3.8) is 0 Å². The predicted molar refractivity (Wildman–Crippen MR) is 111 cm³/mol. The second-order valence-electron chi connectivity index (χ2n) is 7.10. The second kappa shape index (κ2) is 8.19. The lowest BCUT2D eigenvalue weighted by atomic mass is 9.96. The quantitative estimate of drug-likeness (QED) is 0.650. The molecular weight excluding hydrogens is 420 g/mol. The van der Waals surface area contributed by atoms with Crippen molar-refractivity contribution in [1.82, 2.24) is 10.2 Å². The highest BCUT2D eigenvalue weighted by molar-refractivity contribution is 9.10. The third kappa shape index (κ3) is 4.12. The molecule has 2 aromatic carbocycles. The molecule has 0 radical (unpaired) electrons. The number of rotatable bonds is 4. The summed E-state index contributed by atoms with van der Waals surface area (Å²) in [5.41, 5.74) is 1.38. The molecule has 5 nitrogen and oxygen atoms in total. The number of fused-ring (bicyclic) bond motifs is 1. The Morgan fingerprint density at radius 1 is 1.07 bits per heavy atom. The summed E-state index contributed by atoms with van der Waals surface area (Å²) in [4.78, 5) is 26.8. The first-order valence-corrected chi connectivity index (χ1v) is 10.2. The van der Waals surface area contributed by atoms with E-state index in [1.807, 2.05) is 53.4 Å². The number of nitrogens with zero attached hydrogens (tertiary/aromatic N) is 1. The van der Waals surface area contributed by atoms with Crippen molar-refractivity contribution >= 4 is 38.7 Å². The van der Waals surface area contributed by atoms with Gasteiger partial charge in [-0.2, -0.15) is 0 Å². The van der Waals surface area contributed by atoms with E-state index in [-0.39, 0.29) is 11.8 Å². The SMILES string of the molecule is O=C(NCC1CCN(C(=O)c2cc3ccccc3o2)CC1)c1cccc(Br)c1. The third-order valence-corrected chi connectivity index (χ3v) is 5.67. The van der Waals surface area contributed by atoms with E-state index in [9.17, 15) is 9.59 Å². The molecule has 0 aliphatic carbocycles. The van der Waals surface area contributed by atoms with Crippen molar-refractivity contribution in [1.29, 1.82) is 0 Å². The maximum absolute atomic E-state index is 12.7. The molecule has 1 aliphatic heterocycles. The van der Waals surface area contributed by atoms with E-state index in [0.29, 0.717) is 36.9 Å². The molecule has 0 saturated carbocycles. The molecule has 1 N–H and O–H groups in total. The number of piperidine rings is 1. The zero-order chi connectivity index (χ0) is 19.5. The number of halogens is 1. The fourth-order valence-corrected chi connectivity index (χ4v) is 3.95. The first-order chi connectivity index (χ1) is 13.6. The van der Waals surface area contributed by atoms with Crippen molar-refractivity contribution < 1.29 is 14.0 Å². The van der Waals surface area contributed by atoms with Crippen LogP contribution in [0.3, 0.4) is 0 Å². The van der Waals surface area contributed by atoms with Gasteiger partial charge in [0, 0.05) is 35.1 Å². The van der Waals surface area contributed by atoms with Crippen molar-refractivity contribution in [2.75, 3.05) is 19.6 Å². The van der Waals surface area contributed by atoms with Crippen LogP contribution in [0.25, 0.3) is 11.0 Å². The third-order valence-electron chi connectivity index (χ3n) is 5.18. The summed E-state index contributed by atoms with van der Waals surface area (Å²) in [6, 6.07) is 16.8. The summed E-state index contributed by atoms with van der Waals surface area (Å²) >= 11 is 3.38. The smallest absolute Gasteiger partial charge is 0.289 e. The molecule has 1 saturated heterocycles. The fourth-order valence-electron chi connectivity index (χ4n) is 3.55. The lowest BCUT2D eigenvalue weighted by Gasteiger charge is -2.31. The van der Waals surface area contributed by atoms with Crippen LogP contribution in [0.5, 0.6) is 0 Å². The Hall–Kier alpha value is -2.60. The van der Waals surface area contributed by atoms with Gasteiger partial charge >= 0.3 is 0 Å². The highest BCUT2D eigenvalue weighted by atomic mass is 79.9. The number of furan rings is 1. The Labute approximate surface area is 171 Å². The minimum Gasteiger partial charge on any atom is -0.451 e. The van der Waals surface area contributed by atoms with Gasteiger partial charge < -0.3 is 14.6 Å². The van der Waals surface area contributed by atoms with Crippen LogP contribution in [0.4, 0.5) is 0 Å². The normalized spacial score (nSPS) is 15.0. The Morgan fingerprint density at radius 2 is 1.86 bits per heavy atom. The van der Waals surface area contributed by atoms with Gasteiger partial charge in [-0.1, -0.05) is 40.2 Å². The van der Waals surface area contributed by atoms with Crippen LogP contribution >= 0.6 is 15.9 Å². The van der Waals surface area contributed by atoms with E-state index in [1.165, 1.54) is 0 Å². The lowest BCUT2D eigenvalue weighted by molar-refractivity contribution is 0.0655. The molecule has 0 bridgehead atoms. The summed E-state index contributed by atoms with van der Waals surface area (Å²) in [6.45, 7) is 1.97. The van der Waals surface area contributed by atoms with Gasteiger partial charge in [0.2, 0.25) is 0 Å². The zero-order valence-corrected chi connectivity index (χ0v) is 16.9. The van der Waals surface area contributed by atoms with Gasteiger partial charge in [0.1, 0.15) is 5.58 Å². The number of carbonyl (C=O) groups is 2. The van der Waals surface area contributed by atoms with Crippen LogP contribution in [0.1, 0.15) is 33.8 Å². The minimum atomic E-state index is -0.0675. The Morgan fingerprint density at radius 3 is 2.61 bits per heavy atom. The van der Waals surface area contributed by atoms with Crippen molar-refractivity contribution in [3.8, 4) is 0 Å². The molecule has 1 aliphatic rings. The summed E-state index contributed by atoms with van der Waals surface area (Å²) in [5.74, 6) is 0.633.